The molecule has 1 aliphatic carbocycles. The summed E-state index contributed by atoms with van der Waals surface area (Å²) in [6.07, 6.45) is 7.92. The van der Waals surface area contributed by atoms with E-state index in [9.17, 15) is 0 Å². The number of allylic oxidation sites excluding steroid dienone is 4. The number of hydrogen-bond acceptors (Lipinski definition) is 0. The summed E-state index contributed by atoms with van der Waals surface area (Å²) in [5.41, 5.74) is 0.136. The Morgan fingerprint density at radius 3 is 2.00 bits per heavy atom. The smallest absolute Gasteiger partial charge is 0.358 e. The van der Waals surface area contributed by atoms with E-state index in [1.807, 2.05) is 0 Å². The second-order valence-electron chi connectivity index (χ2n) is 4.08. The molecular weight excluding hydrogens is 415 g/mol. The van der Waals surface area contributed by atoms with E-state index in [0.29, 0.717) is 0 Å². The van der Waals surface area contributed by atoms with Crippen LogP contribution in [0.1, 0.15) is 13.8 Å². The Hall–Kier alpha value is -0.395. The molecule has 0 nitrogen and oxygen atoms in total. The van der Waals surface area contributed by atoms with Gasteiger partial charge in [0.25, 0.3) is 0 Å². The van der Waals surface area contributed by atoms with Crippen LogP contribution in [-0.4, -0.2) is 9.52 Å². The molecule has 1 aromatic rings. The standard InChI is InChI=1S/C13H13Si.3CH3.Pt/c1-13(2)9-8-12(10-13)14-11-6-4-3-5-7-11;;;;/h3-9H,1-2H3;3*1H3;/q4*-1;+4. The van der Waals surface area contributed by atoms with Crippen LogP contribution >= 0.6 is 0 Å². The predicted molar refractivity (Wildman–Crippen MR) is 80.7 cm³/mol. The summed E-state index contributed by atoms with van der Waals surface area (Å²) in [5, 5.41) is 2.72. The first-order valence-corrected chi connectivity index (χ1v) is 5.82. The summed E-state index contributed by atoms with van der Waals surface area (Å²) in [5.74, 6) is 0. The van der Waals surface area contributed by atoms with E-state index in [1.54, 1.807) is 0 Å². The summed E-state index contributed by atoms with van der Waals surface area (Å²) < 4.78 is 0. The van der Waals surface area contributed by atoms with Gasteiger partial charge in [-0.25, -0.2) is 11.3 Å². The van der Waals surface area contributed by atoms with Gasteiger partial charge >= 0.3 is 21.1 Å². The van der Waals surface area contributed by atoms with Gasteiger partial charge in [0.15, 0.2) is 0 Å². The largest absolute Gasteiger partial charge is 4.00 e. The van der Waals surface area contributed by atoms with Gasteiger partial charge < -0.3 is 22.3 Å². The van der Waals surface area contributed by atoms with Crippen LogP contribution in [-0.2, 0) is 21.1 Å². The van der Waals surface area contributed by atoms with Crippen LogP contribution in [0.3, 0.4) is 0 Å². The molecule has 2 radical (unpaired) electrons. The molecule has 1 aromatic carbocycles. The Bertz CT molecular complexity index is 377. The fourth-order valence-corrected chi connectivity index (χ4v) is 2.69. The molecule has 1 aliphatic rings. The third kappa shape index (κ3) is 6.51. The molecular formula is C16H22PtSi. The van der Waals surface area contributed by atoms with Crippen molar-refractivity contribution in [1.82, 2.24) is 0 Å². The Morgan fingerprint density at radius 1 is 1.00 bits per heavy atom. The Balaban J connectivity index is -0.000000562. The fraction of sp³-hybridized carbons (Fsp3) is 0.188. The van der Waals surface area contributed by atoms with Crippen LogP contribution in [0.15, 0.2) is 47.7 Å². The first-order valence-electron chi connectivity index (χ1n) is 4.82. The first-order chi connectivity index (χ1) is 6.66. The zero-order valence-corrected chi connectivity index (χ0v) is 15.1. The molecule has 0 N–H and O–H groups in total. The fourth-order valence-electron chi connectivity index (χ4n) is 1.47. The molecule has 0 saturated carbocycles. The van der Waals surface area contributed by atoms with Gasteiger partial charge in [0, 0.05) is 0 Å². The van der Waals surface area contributed by atoms with Gasteiger partial charge in [-0.3, -0.25) is 6.08 Å². The molecule has 0 aromatic heterocycles. The van der Waals surface area contributed by atoms with E-state index in [1.165, 1.54) is 10.4 Å². The number of rotatable bonds is 2. The van der Waals surface area contributed by atoms with Crippen molar-refractivity contribution in [2.45, 2.75) is 13.8 Å². The predicted octanol–water partition coefficient (Wildman–Crippen LogP) is 3.65. The normalized spacial score (nSPS) is 14.2. The van der Waals surface area contributed by atoms with Crippen molar-refractivity contribution in [2.75, 3.05) is 0 Å². The topological polar surface area (TPSA) is 0 Å². The van der Waals surface area contributed by atoms with Gasteiger partial charge in [0.05, 0.1) is 9.52 Å². The summed E-state index contributed by atoms with van der Waals surface area (Å²) >= 11 is 0. The summed E-state index contributed by atoms with van der Waals surface area (Å²) in [6.45, 7) is 4.37. The van der Waals surface area contributed by atoms with Crippen LogP contribution in [0.4, 0.5) is 0 Å². The van der Waals surface area contributed by atoms with Crippen molar-refractivity contribution in [3.05, 3.63) is 76.0 Å². The van der Waals surface area contributed by atoms with Crippen molar-refractivity contribution >= 4 is 14.7 Å². The Morgan fingerprint density at radius 2 is 1.56 bits per heavy atom. The maximum Gasteiger partial charge on any atom is 4.00 e. The van der Waals surface area contributed by atoms with Crippen LogP contribution in [0.25, 0.3) is 0 Å². The van der Waals surface area contributed by atoms with E-state index in [0.717, 1.165) is 9.52 Å². The minimum atomic E-state index is 0. The summed E-state index contributed by atoms with van der Waals surface area (Å²) in [7, 11) is 0.744. The molecule has 100 valence electrons. The monoisotopic (exact) mass is 437 g/mol. The zero-order valence-electron chi connectivity index (χ0n) is 11.9. The molecule has 2 rings (SSSR count). The third-order valence-corrected chi connectivity index (χ3v) is 3.36. The molecule has 0 amide bonds. The van der Waals surface area contributed by atoms with Crippen molar-refractivity contribution in [1.29, 1.82) is 0 Å². The van der Waals surface area contributed by atoms with E-state index in [2.05, 4.69) is 62.4 Å². The molecule has 0 fully saturated rings. The maximum absolute atomic E-state index is 3.50. The van der Waals surface area contributed by atoms with Gasteiger partial charge in [-0.15, -0.1) is 0 Å². The average Bonchev–Trinajstić information content (AvgIpc) is 2.47. The molecule has 0 spiro atoms. The van der Waals surface area contributed by atoms with Crippen LogP contribution in [0, 0.1) is 33.8 Å². The van der Waals surface area contributed by atoms with E-state index >= 15 is 0 Å². The summed E-state index contributed by atoms with van der Waals surface area (Å²) in [6, 6.07) is 10.6. The molecule has 0 atom stereocenters. The van der Waals surface area contributed by atoms with Gasteiger partial charge in [0.2, 0.25) is 0 Å². The first kappa shape index (κ1) is 22.8. The van der Waals surface area contributed by atoms with Gasteiger partial charge in [-0.1, -0.05) is 54.8 Å². The Labute approximate surface area is 131 Å². The van der Waals surface area contributed by atoms with Gasteiger partial charge in [-0.2, -0.15) is 6.08 Å². The molecule has 0 saturated heterocycles. The second-order valence-corrected chi connectivity index (χ2v) is 5.45. The third-order valence-electron chi connectivity index (χ3n) is 2.18. The van der Waals surface area contributed by atoms with E-state index < -0.39 is 0 Å². The van der Waals surface area contributed by atoms with Crippen LogP contribution < -0.4 is 5.19 Å². The minimum absolute atomic E-state index is 0. The van der Waals surface area contributed by atoms with Gasteiger partial charge in [-0.05, 0) is 0 Å². The molecule has 18 heavy (non-hydrogen) atoms. The van der Waals surface area contributed by atoms with Crippen LogP contribution in [0.2, 0.25) is 0 Å². The van der Waals surface area contributed by atoms with Crippen LogP contribution in [0.5, 0.6) is 0 Å². The summed E-state index contributed by atoms with van der Waals surface area (Å²) in [4.78, 5) is 0. The molecule has 0 bridgehead atoms. The maximum atomic E-state index is 3.50. The number of benzene rings is 1. The van der Waals surface area contributed by atoms with Crippen molar-refractivity contribution in [2.24, 2.45) is 5.41 Å². The van der Waals surface area contributed by atoms with E-state index in [-0.39, 0.29) is 48.8 Å². The van der Waals surface area contributed by atoms with Gasteiger partial charge in [0.1, 0.15) is 0 Å². The number of hydrogen-bond donors (Lipinski definition) is 0. The SMILES string of the molecule is CC1(C)[C-]=C([Si]c2ccccc2)C=C1.[CH3-].[CH3-].[CH3-].[Pt+4]. The molecule has 2 heteroatoms. The molecule has 0 unspecified atom stereocenters. The minimum Gasteiger partial charge on any atom is -0.358 e. The second kappa shape index (κ2) is 9.52. The van der Waals surface area contributed by atoms with Crippen molar-refractivity contribution in [3.63, 3.8) is 0 Å². The van der Waals surface area contributed by atoms with Crippen molar-refractivity contribution in [3.8, 4) is 0 Å². The Kier molecular flexibility index (Phi) is 12.0. The quantitative estimate of drug-likeness (QED) is 0.490. The zero-order chi connectivity index (χ0) is 10.0. The molecule has 0 heterocycles. The molecule has 0 aliphatic heterocycles. The average molecular weight is 438 g/mol. The van der Waals surface area contributed by atoms with E-state index in [4.69, 9.17) is 0 Å². The van der Waals surface area contributed by atoms with Crippen molar-refractivity contribution < 1.29 is 21.1 Å².